The Hall–Kier alpha value is -1.85. The molecule has 24 heavy (non-hydrogen) atoms. The molecule has 0 bridgehead atoms. The highest BCUT2D eigenvalue weighted by Crippen LogP contribution is 2.25. The molecule has 2 rings (SSSR count). The summed E-state index contributed by atoms with van der Waals surface area (Å²) in [4.78, 5) is 30.5. The van der Waals surface area contributed by atoms with Crippen LogP contribution in [0.15, 0.2) is 4.42 Å². The lowest BCUT2D eigenvalue weighted by Crippen LogP contribution is -2.41. The molecule has 0 aromatic carbocycles. The van der Waals surface area contributed by atoms with Crippen LogP contribution in [0.4, 0.5) is 0 Å². The smallest absolute Gasteiger partial charge is 0.309 e. The lowest BCUT2D eigenvalue weighted by molar-refractivity contribution is -0.151. The maximum Gasteiger partial charge on any atom is 0.309 e. The van der Waals surface area contributed by atoms with E-state index in [1.54, 1.807) is 4.90 Å². The summed E-state index contributed by atoms with van der Waals surface area (Å²) in [5.41, 5.74) is 0.596. The monoisotopic (exact) mass is 336 g/mol. The zero-order valence-electron chi connectivity index (χ0n) is 15.3. The van der Waals surface area contributed by atoms with Crippen LogP contribution >= 0.6 is 0 Å². The number of ether oxygens (including phenoxy) is 1. The first-order valence-electron chi connectivity index (χ1n) is 8.63. The summed E-state index contributed by atoms with van der Waals surface area (Å²) in [5.74, 6) is 1.08. The fourth-order valence-corrected chi connectivity index (χ4v) is 2.79. The summed E-state index contributed by atoms with van der Waals surface area (Å²) in [5, 5.41) is 0. The predicted molar refractivity (Wildman–Crippen MR) is 89.6 cm³/mol. The highest BCUT2D eigenvalue weighted by atomic mass is 16.5. The van der Waals surface area contributed by atoms with E-state index >= 15 is 0 Å². The van der Waals surface area contributed by atoms with Crippen LogP contribution in [0.25, 0.3) is 0 Å². The van der Waals surface area contributed by atoms with Crippen molar-refractivity contribution in [1.29, 1.82) is 0 Å². The number of esters is 1. The summed E-state index contributed by atoms with van der Waals surface area (Å²) in [6, 6.07) is 0. The maximum atomic E-state index is 12.5. The molecular weight excluding hydrogens is 308 g/mol. The van der Waals surface area contributed by atoms with E-state index in [0.29, 0.717) is 44.2 Å². The Morgan fingerprint density at radius 1 is 1.29 bits per heavy atom. The number of piperidine rings is 1. The number of hydrogen-bond donors (Lipinski definition) is 0. The van der Waals surface area contributed by atoms with Gasteiger partial charge >= 0.3 is 5.97 Å². The lowest BCUT2D eigenvalue weighted by atomic mass is 9.96. The van der Waals surface area contributed by atoms with Gasteiger partial charge in [-0.05, 0) is 26.7 Å². The molecule has 0 atom stereocenters. The first-order valence-corrected chi connectivity index (χ1v) is 8.63. The molecule has 0 saturated carbocycles. The second kappa shape index (κ2) is 7.36. The van der Waals surface area contributed by atoms with Crippen LogP contribution in [0.3, 0.4) is 0 Å². The van der Waals surface area contributed by atoms with Crippen molar-refractivity contribution in [3.63, 3.8) is 0 Å². The van der Waals surface area contributed by atoms with Crippen molar-refractivity contribution in [2.24, 2.45) is 5.92 Å². The van der Waals surface area contributed by atoms with Crippen molar-refractivity contribution in [2.75, 3.05) is 19.7 Å². The summed E-state index contributed by atoms with van der Waals surface area (Å²) >= 11 is 0. The van der Waals surface area contributed by atoms with Gasteiger partial charge in [0.15, 0.2) is 5.89 Å². The van der Waals surface area contributed by atoms with E-state index in [1.807, 2.05) is 34.6 Å². The molecule has 134 valence electrons. The van der Waals surface area contributed by atoms with Crippen LogP contribution in [-0.4, -0.2) is 41.5 Å². The second-order valence-corrected chi connectivity index (χ2v) is 7.36. The second-order valence-electron chi connectivity index (χ2n) is 7.36. The number of carbonyl (C=O) groups is 2. The van der Waals surface area contributed by atoms with E-state index in [1.165, 1.54) is 0 Å². The van der Waals surface area contributed by atoms with Crippen molar-refractivity contribution in [2.45, 2.75) is 59.3 Å². The van der Waals surface area contributed by atoms with E-state index in [4.69, 9.17) is 9.15 Å². The Morgan fingerprint density at radius 3 is 2.42 bits per heavy atom. The van der Waals surface area contributed by atoms with Crippen LogP contribution < -0.4 is 0 Å². The average Bonchev–Trinajstić information content (AvgIpc) is 2.89. The number of oxazole rings is 1. The van der Waals surface area contributed by atoms with Gasteiger partial charge in [0.2, 0.25) is 5.91 Å². The van der Waals surface area contributed by atoms with Gasteiger partial charge in [-0.1, -0.05) is 20.8 Å². The molecule has 0 spiro atoms. The normalized spacial score (nSPS) is 16.3. The van der Waals surface area contributed by atoms with E-state index < -0.39 is 0 Å². The van der Waals surface area contributed by atoms with Crippen LogP contribution in [0.5, 0.6) is 0 Å². The highest BCUT2D eigenvalue weighted by Gasteiger charge is 2.29. The summed E-state index contributed by atoms with van der Waals surface area (Å²) < 4.78 is 10.9. The standard InChI is InChI=1S/C18H28N2O4/c1-6-23-16(22)13-7-9-20(10-8-13)15(21)11-14-12(2)19-17(24-14)18(3,4)5/h13H,6-11H2,1-5H3. The van der Waals surface area contributed by atoms with Crippen LogP contribution in [0.2, 0.25) is 0 Å². The molecular formula is C18H28N2O4. The minimum Gasteiger partial charge on any atom is -0.466 e. The van der Waals surface area contributed by atoms with Gasteiger partial charge in [-0.3, -0.25) is 9.59 Å². The number of aromatic nitrogens is 1. The fourth-order valence-electron chi connectivity index (χ4n) is 2.79. The first-order chi connectivity index (χ1) is 11.2. The van der Waals surface area contributed by atoms with E-state index in [2.05, 4.69) is 4.98 Å². The summed E-state index contributed by atoms with van der Waals surface area (Å²) in [6.45, 7) is 11.3. The van der Waals surface area contributed by atoms with Crippen LogP contribution in [0, 0.1) is 12.8 Å². The van der Waals surface area contributed by atoms with Gasteiger partial charge in [0.25, 0.3) is 0 Å². The Morgan fingerprint density at radius 2 is 1.92 bits per heavy atom. The molecule has 1 fully saturated rings. The van der Waals surface area contributed by atoms with Crippen molar-refractivity contribution in [3.8, 4) is 0 Å². The van der Waals surface area contributed by atoms with Gasteiger partial charge in [0.1, 0.15) is 5.76 Å². The molecule has 1 amide bonds. The van der Waals surface area contributed by atoms with Crippen LogP contribution in [0.1, 0.15) is 57.9 Å². The minimum absolute atomic E-state index is 0.0250. The zero-order valence-corrected chi connectivity index (χ0v) is 15.3. The molecule has 0 radical (unpaired) electrons. The SMILES string of the molecule is CCOC(=O)C1CCN(C(=O)Cc2oc(C(C)(C)C)nc2C)CC1. The topological polar surface area (TPSA) is 72.6 Å². The van der Waals surface area contributed by atoms with E-state index in [0.717, 1.165) is 5.69 Å². The third-order valence-corrected chi connectivity index (χ3v) is 4.31. The number of rotatable bonds is 4. The van der Waals surface area contributed by atoms with Gasteiger partial charge in [-0.2, -0.15) is 0 Å². The molecule has 1 aromatic rings. The van der Waals surface area contributed by atoms with Gasteiger partial charge in [-0.25, -0.2) is 4.98 Å². The molecule has 0 aliphatic carbocycles. The van der Waals surface area contributed by atoms with Crippen molar-refractivity contribution in [3.05, 3.63) is 17.3 Å². The minimum atomic E-state index is -0.177. The number of carbonyl (C=O) groups excluding carboxylic acids is 2. The third-order valence-electron chi connectivity index (χ3n) is 4.31. The Bertz CT molecular complexity index is 593. The molecule has 1 aliphatic heterocycles. The number of aryl methyl sites for hydroxylation is 1. The molecule has 1 aliphatic rings. The average molecular weight is 336 g/mol. The Balaban J connectivity index is 1.93. The number of likely N-dealkylation sites (tertiary alicyclic amines) is 1. The van der Waals surface area contributed by atoms with Crippen molar-refractivity contribution in [1.82, 2.24) is 9.88 Å². The molecule has 6 nitrogen and oxygen atoms in total. The maximum absolute atomic E-state index is 12.5. The molecule has 0 N–H and O–H groups in total. The Kier molecular flexibility index (Phi) is 5.67. The quantitative estimate of drug-likeness (QED) is 0.790. The van der Waals surface area contributed by atoms with Gasteiger partial charge < -0.3 is 14.1 Å². The first kappa shape index (κ1) is 18.5. The van der Waals surface area contributed by atoms with Gasteiger partial charge in [-0.15, -0.1) is 0 Å². The third kappa shape index (κ3) is 4.36. The van der Waals surface area contributed by atoms with E-state index in [9.17, 15) is 9.59 Å². The summed E-state index contributed by atoms with van der Waals surface area (Å²) in [7, 11) is 0. The number of nitrogens with zero attached hydrogens (tertiary/aromatic N) is 2. The van der Waals surface area contributed by atoms with Crippen molar-refractivity contribution < 1.29 is 18.7 Å². The largest absolute Gasteiger partial charge is 0.466 e. The zero-order chi connectivity index (χ0) is 17.9. The molecule has 1 saturated heterocycles. The summed E-state index contributed by atoms with van der Waals surface area (Å²) in [6.07, 6.45) is 1.54. The predicted octanol–water partition coefficient (Wildman–Crippen LogP) is 2.62. The molecule has 1 aromatic heterocycles. The van der Waals surface area contributed by atoms with E-state index in [-0.39, 0.29) is 29.6 Å². The number of amides is 1. The lowest BCUT2D eigenvalue weighted by Gasteiger charge is -2.30. The molecule has 0 unspecified atom stereocenters. The molecule has 6 heteroatoms. The fraction of sp³-hybridized carbons (Fsp3) is 0.722. The van der Waals surface area contributed by atoms with Crippen LogP contribution in [-0.2, 0) is 26.2 Å². The Labute approximate surface area is 143 Å². The van der Waals surface area contributed by atoms with Crippen molar-refractivity contribution >= 4 is 11.9 Å². The molecule has 2 heterocycles. The van der Waals surface area contributed by atoms with Gasteiger partial charge in [0, 0.05) is 18.5 Å². The highest BCUT2D eigenvalue weighted by molar-refractivity contribution is 5.79. The number of hydrogen-bond acceptors (Lipinski definition) is 5. The van der Waals surface area contributed by atoms with Gasteiger partial charge in [0.05, 0.1) is 24.6 Å².